The van der Waals surface area contributed by atoms with Crippen LogP contribution in [0.4, 0.5) is 0 Å². The van der Waals surface area contributed by atoms with Crippen molar-refractivity contribution in [2.24, 2.45) is 0 Å². The lowest BCUT2D eigenvalue weighted by molar-refractivity contribution is -0.162. The lowest BCUT2D eigenvalue weighted by atomic mass is 10.1. The van der Waals surface area contributed by atoms with Crippen molar-refractivity contribution in [3.63, 3.8) is 0 Å². The molecule has 0 aliphatic rings. The lowest BCUT2D eigenvalue weighted by Gasteiger charge is -2.18. The SMILES string of the molecule is CC/C=C\C/C=C\C/C=C\C/C=C\C/C=C\C/C=C\CCCOCC(COC(=O)CCCCCCCCCCC/C=C\C/C=C\CCCCC)OC(=O)C/C=C\C/C=C\C/C=C\C/C=C\C/C=C\CC. The highest BCUT2D eigenvalue weighted by Crippen LogP contribution is 2.13. The Morgan fingerprint density at radius 1 is 0.343 bits per heavy atom. The van der Waals surface area contributed by atoms with Gasteiger partial charge in [0.05, 0.1) is 13.0 Å². The van der Waals surface area contributed by atoms with E-state index in [9.17, 15) is 9.59 Å². The molecule has 0 amide bonds. The van der Waals surface area contributed by atoms with Crippen LogP contribution < -0.4 is 0 Å². The van der Waals surface area contributed by atoms with Crippen LogP contribution in [0.1, 0.15) is 213 Å². The van der Waals surface area contributed by atoms with Crippen LogP contribution >= 0.6 is 0 Å². The van der Waals surface area contributed by atoms with Crippen molar-refractivity contribution in [1.29, 1.82) is 0 Å². The van der Waals surface area contributed by atoms with Crippen LogP contribution in [0.3, 0.4) is 0 Å². The van der Waals surface area contributed by atoms with Crippen molar-refractivity contribution in [3.8, 4) is 0 Å². The minimum absolute atomic E-state index is 0.00928. The summed E-state index contributed by atoms with van der Waals surface area (Å²) >= 11 is 0. The number of ether oxygens (including phenoxy) is 3. The maximum Gasteiger partial charge on any atom is 0.310 e. The largest absolute Gasteiger partial charge is 0.462 e. The summed E-state index contributed by atoms with van der Waals surface area (Å²) in [6.07, 6.45) is 87.3. The van der Waals surface area contributed by atoms with Crippen LogP contribution in [0.15, 0.2) is 158 Å². The smallest absolute Gasteiger partial charge is 0.310 e. The molecule has 0 aliphatic carbocycles. The van der Waals surface area contributed by atoms with Crippen LogP contribution in [0.5, 0.6) is 0 Å². The molecule has 0 aliphatic heterocycles. The Balaban J connectivity index is 4.51. The minimum Gasteiger partial charge on any atom is -0.462 e. The van der Waals surface area contributed by atoms with E-state index in [0.29, 0.717) is 13.0 Å². The van der Waals surface area contributed by atoms with E-state index in [2.05, 4.69) is 167 Å². The van der Waals surface area contributed by atoms with E-state index in [1.54, 1.807) is 0 Å². The molecule has 0 aromatic carbocycles. The average Bonchev–Trinajstić information content (AvgIpc) is 3.36. The fraction of sp³-hybridized carbons (Fsp3) is 0.569. The van der Waals surface area contributed by atoms with Gasteiger partial charge in [-0.25, -0.2) is 0 Å². The van der Waals surface area contributed by atoms with Crippen molar-refractivity contribution in [1.82, 2.24) is 0 Å². The number of hydrogen-bond donors (Lipinski definition) is 0. The van der Waals surface area contributed by atoms with Gasteiger partial charge in [-0.2, -0.15) is 0 Å². The molecule has 0 radical (unpaired) electrons. The number of esters is 2. The van der Waals surface area contributed by atoms with Gasteiger partial charge in [0.1, 0.15) is 6.61 Å². The molecule has 1 unspecified atom stereocenters. The summed E-state index contributed by atoms with van der Waals surface area (Å²) in [5.41, 5.74) is 0. The van der Waals surface area contributed by atoms with Gasteiger partial charge in [0.15, 0.2) is 6.10 Å². The van der Waals surface area contributed by atoms with Crippen LogP contribution in [0, 0.1) is 0 Å². The molecular formula is C65H102O5. The second kappa shape index (κ2) is 58.8. The van der Waals surface area contributed by atoms with Gasteiger partial charge >= 0.3 is 11.9 Å². The Bertz CT molecular complexity index is 1560. The lowest BCUT2D eigenvalue weighted by Crippen LogP contribution is -2.29. The highest BCUT2D eigenvalue weighted by atomic mass is 16.6. The van der Waals surface area contributed by atoms with E-state index in [-0.39, 0.29) is 31.6 Å². The van der Waals surface area contributed by atoms with Crippen molar-refractivity contribution in [2.45, 2.75) is 219 Å². The maximum atomic E-state index is 12.8. The number of unbranched alkanes of at least 4 members (excludes halogenated alkanes) is 13. The predicted octanol–water partition coefficient (Wildman–Crippen LogP) is 19.5. The van der Waals surface area contributed by atoms with Crippen molar-refractivity contribution in [2.75, 3.05) is 19.8 Å². The molecule has 0 bridgehead atoms. The zero-order chi connectivity index (χ0) is 50.6. The Morgan fingerprint density at radius 2 is 0.686 bits per heavy atom. The number of carbonyl (C=O) groups excluding carboxylic acids is 2. The standard InChI is InChI=1S/C65H102O5/c1-4-7-10-13-16-19-22-25-28-30-32-34-36-39-42-45-48-51-54-57-60-68-61-63(70-65(67)59-56-53-50-47-44-41-37-27-24-21-18-15-12-9-6-3)62-69-64(66)58-55-52-49-46-43-40-38-35-33-31-29-26-23-20-17-14-11-8-5-2/h7,9-10,12,16-21,25-29,32,34,37,39,42,44,47-48,51,53,56,63H,4-6,8,11,13-15,22-24,30-31,33,35-36,38,40-41,43,45-46,49-50,52,54-55,57-62H2,1-3H3/b10-7-,12-9-,19-16-,20-17-,21-18-,28-25-,29-26-,34-32-,37-27-,42-39-,47-44-,51-48-,56-53-. The van der Waals surface area contributed by atoms with Gasteiger partial charge < -0.3 is 14.2 Å². The molecule has 0 aromatic rings. The Kier molecular flexibility index (Phi) is 55.1. The van der Waals surface area contributed by atoms with Gasteiger partial charge in [-0.15, -0.1) is 0 Å². The number of allylic oxidation sites excluding steroid dienone is 25. The molecular weight excluding hydrogens is 861 g/mol. The van der Waals surface area contributed by atoms with Gasteiger partial charge in [0.2, 0.25) is 0 Å². The third-order valence-corrected chi connectivity index (χ3v) is 11.1. The number of carbonyl (C=O) groups is 2. The normalized spacial score (nSPS) is 13.5. The van der Waals surface area contributed by atoms with Gasteiger partial charge in [0.25, 0.3) is 0 Å². The molecule has 0 saturated carbocycles. The Labute approximate surface area is 431 Å². The summed E-state index contributed by atoms with van der Waals surface area (Å²) in [7, 11) is 0. The second-order valence-corrected chi connectivity index (χ2v) is 17.7. The molecule has 0 saturated heterocycles. The predicted molar refractivity (Wildman–Crippen MR) is 306 cm³/mol. The van der Waals surface area contributed by atoms with Crippen LogP contribution in [-0.2, 0) is 23.8 Å². The van der Waals surface area contributed by atoms with E-state index >= 15 is 0 Å². The Hall–Kier alpha value is -4.48. The fourth-order valence-electron chi connectivity index (χ4n) is 6.98. The molecule has 0 spiro atoms. The summed E-state index contributed by atoms with van der Waals surface area (Å²) in [6.45, 7) is 7.30. The highest BCUT2D eigenvalue weighted by Gasteiger charge is 2.17. The molecule has 392 valence electrons. The second-order valence-electron chi connectivity index (χ2n) is 17.7. The monoisotopic (exact) mass is 963 g/mol. The van der Waals surface area contributed by atoms with E-state index in [4.69, 9.17) is 14.2 Å². The zero-order valence-electron chi connectivity index (χ0n) is 45.0. The summed E-state index contributed by atoms with van der Waals surface area (Å²) in [5.74, 6) is -0.592. The molecule has 70 heavy (non-hydrogen) atoms. The van der Waals surface area contributed by atoms with Gasteiger partial charge in [-0.3, -0.25) is 9.59 Å². The molecule has 0 heterocycles. The van der Waals surface area contributed by atoms with E-state index in [0.717, 1.165) is 109 Å². The van der Waals surface area contributed by atoms with Crippen LogP contribution in [0.2, 0.25) is 0 Å². The molecule has 0 rings (SSSR count). The minimum atomic E-state index is -0.636. The van der Waals surface area contributed by atoms with Crippen LogP contribution in [0.25, 0.3) is 0 Å². The first-order valence-electron chi connectivity index (χ1n) is 28.0. The molecule has 1 atom stereocenters. The average molecular weight is 964 g/mol. The molecule has 0 N–H and O–H groups in total. The third-order valence-electron chi connectivity index (χ3n) is 11.1. The first-order chi connectivity index (χ1) is 34.6. The van der Waals surface area contributed by atoms with E-state index in [1.165, 1.54) is 70.6 Å². The number of rotatable bonds is 49. The highest BCUT2D eigenvalue weighted by molar-refractivity contribution is 5.71. The zero-order valence-corrected chi connectivity index (χ0v) is 45.0. The van der Waals surface area contributed by atoms with E-state index < -0.39 is 6.10 Å². The van der Waals surface area contributed by atoms with Gasteiger partial charge in [0, 0.05) is 13.0 Å². The Morgan fingerprint density at radius 3 is 1.10 bits per heavy atom. The topological polar surface area (TPSA) is 61.8 Å². The van der Waals surface area contributed by atoms with Gasteiger partial charge in [-0.05, 0) is 122 Å². The quantitative estimate of drug-likeness (QED) is 0.0345. The van der Waals surface area contributed by atoms with E-state index in [1.807, 2.05) is 12.2 Å². The van der Waals surface area contributed by atoms with Crippen molar-refractivity contribution >= 4 is 11.9 Å². The van der Waals surface area contributed by atoms with Crippen molar-refractivity contribution < 1.29 is 23.8 Å². The fourth-order valence-corrected chi connectivity index (χ4v) is 6.98. The number of hydrogen-bond acceptors (Lipinski definition) is 5. The first-order valence-corrected chi connectivity index (χ1v) is 28.0. The summed E-state index contributed by atoms with van der Waals surface area (Å²) in [6, 6.07) is 0. The molecule has 0 fully saturated rings. The molecule has 5 nitrogen and oxygen atoms in total. The first kappa shape index (κ1) is 65.5. The molecule has 5 heteroatoms. The summed E-state index contributed by atoms with van der Waals surface area (Å²) < 4.78 is 17.3. The summed E-state index contributed by atoms with van der Waals surface area (Å²) in [4.78, 5) is 25.4. The molecule has 0 aromatic heterocycles. The summed E-state index contributed by atoms with van der Waals surface area (Å²) in [5, 5.41) is 0. The van der Waals surface area contributed by atoms with Gasteiger partial charge in [-0.1, -0.05) is 237 Å². The van der Waals surface area contributed by atoms with Crippen LogP contribution in [-0.4, -0.2) is 37.9 Å². The van der Waals surface area contributed by atoms with Crippen molar-refractivity contribution in [3.05, 3.63) is 158 Å². The maximum absolute atomic E-state index is 12.8. The third kappa shape index (κ3) is 56.1.